The summed E-state index contributed by atoms with van der Waals surface area (Å²) in [4.78, 5) is 0. The average molecular weight is 72.2 g/mol. The molecule has 1 aliphatic rings. The van der Waals surface area contributed by atoms with Gasteiger partial charge in [-0.15, -0.1) is 0 Å². The molecule has 1 saturated carbocycles. The third-order valence-corrected chi connectivity index (χ3v) is 2.02. The third-order valence-electron chi connectivity index (χ3n) is 0.866. The average Bonchev–Trinajstić information content (AvgIpc) is 1.75. The van der Waals surface area contributed by atoms with E-state index in [0.717, 1.165) is 0 Å². The highest BCUT2D eigenvalue weighted by Crippen LogP contribution is 2.31. The van der Waals surface area contributed by atoms with Crippen LogP contribution in [-0.2, 0) is 0 Å². The molecule has 0 spiro atoms. The minimum absolute atomic E-state index is 1.22. The minimum Gasteiger partial charge on any atom is -0.0546 e. The molecule has 1 aliphatic carbocycles. The molecular weight excluding hydrogens is 64.1 g/mol. The van der Waals surface area contributed by atoms with Crippen molar-refractivity contribution in [1.82, 2.24) is 0 Å². The molecular formula is C3H8Si. The van der Waals surface area contributed by atoms with Crippen molar-refractivity contribution in [2.45, 2.75) is 18.4 Å². The van der Waals surface area contributed by atoms with E-state index in [0.29, 0.717) is 0 Å². The Morgan fingerprint density at radius 2 is 1.75 bits per heavy atom. The van der Waals surface area contributed by atoms with Gasteiger partial charge in [0.2, 0.25) is 0 Å². The second-order valence-electron chi connectivity index (χ2n) is 1.68. The summed E-state index contributed by atoms with van der Waals surface area (Å²) in [5, 5.41) is 0. The summed E-state index contributed by atoms with van der Waals surface area (Å²) in [7, 11) is 1.46. The molecule has 1 fully saturated rings. The molecule has 0 nitrogen and oxygen atoms in total. The van der Waals surface area contributed by atoms with Crippen LogP contribution in [0.4, 0.5) is 0 Å². The first-order valence-electron chi connectivity index (χ1n) is 1.89. The van der Waals surface area contributed by atoms with Gasteiger partial charge in [-0.3, -0.25) is 0 Å². The van der Waals surface area contributed by atoms with E-state index < -0.39 is 0 Å². The first kappa shape index (κ1) is 2.45. The molecule has 1 rings (SSSR count). The van der Waals surface area contributed by atoms with Crippen LogP contribution in [0, 0.1) is 0 Å². The van der Waals surface area contributed by atoms with Crippen molar-refractivity contribution in [2.75, 3.05) is 0 Å². The van der Waals surface area contributed by atoms with Crippen LogP contribution in [0.15, 0.2) is 0 Å². The SMILES string of the molecule is [SiH3]C1CC1. The molecule has 0 radical (unpaired) electrons. The number of hydrogen-bond acceptors (Lipinski definition) is 0. The highest BCUT2D eigenvalue weighted by molar-refractivity contribution is 6.13. The Labute approximate surface area is 29.6 Å². The Morgan fingerprint density at radius 1 is 1.50 bits per heavy atom. The highest BCUT2D eigenvalue weighted by Gasteiger charge is 2.12. The van der Waals surface area contributed by atoms with Crippen LogP contribution in [0.3, 0.4) is 0 Å². The lowest BCUT2D eigenvalue weighted by molar-refractivity contribution is 1.47. The van der Waals surface area contributed by atoms with Crippen molar-refractivity contribution < 1.29 is 0 Å². The molecule has 1 heteroatoms. The van der Waals surface area contributed by atoms with Crippen LogP contribution in [0.1, 0.15) is 12.8 Å². The quantitative estimate of drug-likeness (QED) is 0.351. The maximum atomic E-state index is 1.55. The summed E-state index contributed by atoms with van der Waals surface area (Å²) in [5.41, 5.74) is 1.22. The molecule has 0 aliphatic heterocycles. The minimum atomic E-state index is 1.22. The predicted molar refractivity (Wildman–Crippen MR) is 22.9 cm³/mol. The molecule has 0 N–H and O–H groups in total. The third kappa shape index (κ3) is 0.317. The molecule has 0 saturated heterocycles. The molecule has 4 heavy (non-hydrogen) atoms. The zero-order valence-corrected chi connectivity index (χ0v) is 4.99. The lowest BCUT2D eigenvalue weighted by Crippen LogP contribution is -1.47. The van der Waals surface area contributed by atoms with Gasteiger partial charge in [0.1, 0.15) is 0 Å². The van der Waals surface area contributed by atoms with Crippen molar-refractivity contribution in [3.05, 3.63) is 0 Å². The lowest BCUT2D eigenvalue weighted by Gasteiger charge is -1.52. The molecule has 0 unspecified atom stereocenters. The fourth-order valence-electron chi connectivity index (χ4n) is 0.167. The summed E-state index contributed by atoms with van der Waals surface area (Å²) in [6, 6.07) is 0. The van der Waals surface area contributed by atoms with Gasteiger partial charge in [-0.1, -0.05) is 18.4 Å². The van der Waals surface area contributed by atoms with Crippen molar-refractivity contribution >= 4 is 10.2 Å². The molecule has 0 amide bonds. The maximum Gasteiger partial charge on any atom is 0.00672 e. The monoisotopic (exact) mass is 72.0 g/mol. The highest BCUT2D eigenvalue weighted by atomic mass is 28.1. The van der Waals surface area contributed by atoms with Gasteiger partial charge < -0.3 is 0 Å². The lowest BCUT2D eigenvalue weighted by atomic mass is 11.0. The van der Waals surface area contributed by atoms with E-state index in [9.17, 15) is 0 Å². The molecule has 0 aromatic heterocycles. The van der Waals surface area contributed by atoms with E-state index in [1.807, 2.05) is 0 Å². The van der Waals surface area contributed by atoms with Crippen LogP contribution in [0.2, 0.25) is 5.54 Å². The normalized spacial score (nSPS) is 27.0. The van der Waals surface area contributed by atoms with Crippen molar-refractivity contribution in [3.63, 3.8) is 0 Å². The zero-order valence-electron chi connectivity index (χ0n) is 2.99. The summed E-state index contributed by atoms with van der Waals surface area (Å²) >= 11 is 0. The van der Waals surface area contributed by atoms with Crippen LogP contribution >= 0.6 is 0 Å². The van der Waals surface area contributed by atoms with Crippen LogP contribution in [-0.4, -0.2) is 10.2 Å². The van der Waals surface area contributed by atoms with Crippen molar-refractivity contribution in [1.29, 1.82) is 0 Å². The van der Waals surface area contributed by atoms with Gasteiger partial charge in [0.05, 0.1) is 0 Å². The van der Waals surface area contributed by atoms with E-state index in [1.165, 1.54) is 15.8 Å². The summed E-state index contributed by atoms with van der Waals surface area (Å²) in [6.45, 7) is 0. The van der Waals surface area contributed by atoms with Crippen LogP contribution in [0.5, 0.6) is 0 Å². The van der Waals surface area contributed by atoms with Crippen molar-refractivity contribution in [3.8, 4) is 0 Å². The van der Waals surface area contributed by atoms with E-state index in [4.69, 9.17) is 0 Å². The van der Waals surface area contributed by atoms with Gasteiger partial charge in [0, 0.05) is 10.2 Å². The van der Waals surface area contributed by atoms with Crippen LogP contribution < -0.4 is 0 Å². The van der Waals surface area contributed by atoms with Gasteiger partial charge in [-0.05, 0) is 0 Å². The fourth-order valence-corrected chi connectivity index (χ4v) is 0.500. The number of hydrogen-bond donors (Lipinski definition) is 0. The molecule has 0 atom stereocenters. The Balaban J connectivity index is 2.17. The first-order valence-corrected chi connectivity index (χ1v) is 3.05. The van der Waals surface area contributed by atoms with Gasteiger partial charge in [0.25, 0.3) is 0 Å². The smallest absolute Gasteiger partial charge is 0.00672 e. The van der Waals surface area contributed by atoms with E-state index in [-0.39, 0.29) is 0 Å². The zero-order chi connectivity index (χ0) is 2.99. The molecule has 0 heterocycles. The topological polar surface area (TPSA) is 0 Å². The van der Waals surface area contributed by atoms with E-state index in [2.05, 4.69) is 0 Å². The van der Waals surface area contributed by atoms with E-state index in [1.54, 1.807) is 12.8 Å². The maximum absolute atomic E-state index is 1.55. The van der Waals surface area contributed by atoms with Crippen LogP contribution in [0.25, 0.3) is 0 Å². The van der Waals surface area contributed by atoms with Crippen molar-refractivity contribution in [2.24, 2.45) is 0 Å². The first-order chi connectivity index (χ1) is 1.89. The summed E-state index contributed by atoms with van der Waals surface area (Å²) < 4.78 is 0. The molecule has 0 aromatic rings. The Kier molecular flexibility index (Phi) is 0.356. The standard InChI is InChI=1S/C3H8Si/c4-3-1-2-3/h3H,1-2H2,4H3. The fraction of sp³-hybridized carbons (Fsp3) is 1.00. The van der Waals surface area contributed by atoms with Gasteiger partial charge in [-0.2, -0.15) is 0 Å². The predicted octanol–water partition coefficient (Wildman–Crippen LogP) is -0.0659. The van der Waals surface area contributed by atoms with Gasteiger partial charge in [-0.25, -0.2) is 0 Å². The van der Waals surface area contributed by atoms with Gasteiger partial charge in [0.15, 0.2) is 0 Å². The summed E-state index contributed by atoms with van der Waals surface area (Å²) in [5.74, 6) is 0. The Morgan fingerprint density at radius 3 is 1.75 bits per heavy atom. The second kappa shape index (κ2) is 0.581. The second-order valence-corrected chi connectivity index (χ2v) is 3.32. The van der Waals surface area contributed by atoms with E-state index >= 15 is 0 Å². The Bertz CT molecular complexity index is 22.5. The Hall–Kier alpha value is 0.217. The molecule has 0 aromatic carbocycles. The summed E-state index contributed by atoms with van der Waals surface area (Å²) in [6.07, 6.45) is 3.10. The largest absolute Gasteiger partial charge is 0.0546 e. The molecule has 0 bridgehead atoms. The van der Waals surface area contributed by atoms with Gasteiger partial charge >= 0.3 is 0 Å². The molecule has 24 valence electrons. The number of rotatable bonds is 0.